The predicted octanol–water partition coefficient (Wildman–Crippen LogP) is 1.84. The van der Waals surface area contributed by atoms with E-state index in [2.05, 4.69) is 33.1 Å². The van der Waals surface area contributed by atoms with Gasteiger partial charge in [0.2, 0.25) is 0 Å². The van der Waals surface area contributed by atoms with Gasteiger partial charge in [0.1, 0.15) is 0 Å². The Hall–Kier alpha value is -2.86. The van der Waals surface area contributed by atoms with Crippen molar-refractivity contribution < 1.29 is 4.79 Å². The summed E-state index contributed by atoms with van der Waals surface area (Å²) in [5.41, 5.74) is 2.88. The largest absolute Gasteiger partial charge is 0.352 e. The van der Waals surface area contributed by atoms with Gasteiger partial charge in [0, 0.05) is 38.8 Å². The lowest BCUT2D eigenvalue weighted by atomic mass is 10.1. The molecule has 2 aromatic carbocycles. The number of carbonyl (C=O) groups excluding carboxylic acids is 1. The van der Waals surface area contributed by atoms with E-state index < -0.39 is 0 Å². The van der Waals surface area contributed by atoms with E-state index in [4.69, 9.17) is 0 Å². The van der Waals surface area contributed by atoms with Crippen LogP contribution in [0.5, 0.6) is 0 Å². The highest BCUT2D eigenvalue weighted by Crippen LogP contribution is 2.05. The number of hydrogen-bond donors (Lipinski definition) is 3. The molecule has 0 radical (unpaired) electrons. The van der Waals surface area contributed by atoms with Crippen LogP contribution in [0.3, 0.4) is 0 Å². The van der Waals surface area contributed by atoms with Gasteiger partial charge in [-0.3, -0.25) is 9.79 Å². The molecule has 0 fully saturated rings. The fourth-order valence-corrected chi connectivity index (χ4v) is 2.51. The monoisotopic (exact) mass is 367 g/mol. The van der Waals surface area contributed by atoms with Crippen molar-refractivity contribution in [3.8, 4) is 0 Å². The van der Waals surface area contributed by atoms with E-state index in [0.29, 0.717) is 25.2 Å². The molecular formula is C21H29N5O. The maximum absolute atomic E-state index is 12.2. The molecule has 6 nitrogen and oxygen atoms in total. The molecule has 0 saturated heterocycles. The number of nitrogens with zero attached hydrogens (tertiary/aromatic N) is 2. The Kier molecular flexibility index (Phi) is 8.32. The van der Waals surface area contributed by atoms with E-state index in [1.165, 1.54) is 5.56 Å². The first-order chi connectivity index (χ1) is 13.1. The molecule has 27 heavy (non-hydrogen) atoms. The molecule has 0 heterocycles. The quantitative estimate of drug-likeness (QED) is 0.492. The first-order valence-electron chi connectivity index (χ1n) is 9.09. The third-order valence-electron chi connectivity index (χ3n) is 4.02. The van der Waals surface area contributed by atoms with Crippen molar-refractivity contribution in [1.29, 1.82) is 0 Å². The molecule has 0 saturated carbocycles. The van der Waals surface area contributed by atoms with Gasteiger partial charge in [0.25, 0.3) is 5.91 Å². The van der Waals surface area contributed by atoms with E-state index >= 15 is 0 Å². The number of hydrogen-bond acceptors (Lipinski definition) is 3. The summed E-state index contributed by atoms with van der Waals surface area (Å²) < 4.78 is 0. The molecule has 0 aliphatic heterocycles. The number of likely N-dealkylation sites (N-methyl/N-ethyl adjacent to an activating group) is 1. The summed E-state index contributed by atoms with van der Waals surface area (Å²) in [5, 5.41) is 9.50. The first-order valence-corrected chi connectivity index (χ1v) is 9.09. The minimum Gasteiger partial charge on any atom is -0.352 e. The second kappa shape index (κ2) is 11.0. The SMILES string of the molecule is CN=C(NCc1ccccc1)NCc1cccc(C(=O)NCCN(C)C)c1. The maximum Gasteiger partial charge on any atom is 0.251 e. The molecule has 2 aromatic rings. The van der Waals surface area contributed by atoms with E-state index in [0.717, 1.165) is 18.1 Å². The summed E-state index contributed by atoms with van der Waals surface area (Å²) in [4.78, 5) is 18.5. The number of rotatable bonds is 8. The molecular weight excluding hydrogens is 338 g/mol. The Balaban J connectivity index is 1.84. The Labute approximate surface area is 161 Å². The van der Waals surface area contributed by atoms with Crippen LogP contribution in [-0.2, 0) is 13.1 Å². The summed E-state index contributed by atoms with van der Waals surface area (Å²) in [5.74, 6) is 0.671. The second-order valence-corrected chi connectivity index (χ2v) is 6.52. The average molecular weight is 367 g/mol. The van der Waals surface area contributed by atoms with Gasteiger partial charge in [0.15, 0.2) is 5.96 Å². The lowest BCUT2D eigenvalue weighted by Crippen LogP contribution is -2.36. The van der Waals surface area contributed by atoms with Crippen LogP contribution < -0.4 is 16.0 Å². The fourth-order valence-electron chi connectivity index (χ4n) is 2.51. The highest BCUT2D eigenvalue weighted by molar-refractivity contribution is 5.94. The number of guanidine groups is 1. The van der Waals surface area contributed by atoms with Crippen molar-refractivity contribution in [2.24, 2.45) is 4.99 Å². The van der Waals surface area contributed by atoms with Crippen molar-refractivity contribution in [1.82, 2.24) is 20.9 Å². The Bertz CT molecular complexity index is 743. The molecule has 0 aliphatic carbocycles. The lowest BCUT2D eigenvalue weighted by molar-refractivity contribution is 0.0951. The van der Waals surface area contributed by atoms with E-state index in [-0.39, 0.29) is 5.91 Å². The normalized spacial score (nSPS) is 11.3. The Morgan fingerprint density at radius 3 is 2.26 bits per heavy atom. The lowest BCUT2D eigenvalue weighted by Gasteiger charge is -2.13. The Morgan fingerprint density at radius 1 is 0.926 bits per heavy atom. The molecule has 2 rings (SSSR count). The van der Waals surface area contributed by atoms with Gasteiger partial charge in [-0.15, -0.1) is 0 Å². The highest BCUT2D eigenvalue weighted by Gasteiger charge is 2.06. The number of aliphatic imine (C=N–C) groups is 1. The smallest absolute Gasteiger partial charge is 0.251 e. The van der Waals surface area contributed by atoms with Crippen LogP contribution >= 0.6 is 0 Å². The molecule has 1 amide bonds. The number of benzene rings is 2. The molecule has 0 aliphatic rings. The number of amides is 1. The van der Waals surface area contributed by atoms with E-state index in [9.17, 15) is 4.79 Å². The average Bonchev–Trinajstić information content (AvgIpc) is 2.69. The zero-order valence-electron chi connectivity index (χ0n) is 16.3. The van der Waals surface area contributed by atoms with Crippen LogP contribution in [0.15, 0.2) is 59.6 Å². The summed E-state index contributed by atoms with van der Waals surface area (Å²) >= 11 is 0. The van der Waals surface area contributed by atoms with Crippen LogP contribution in [-0.4, -0.2) is 51.0 Å². The molecule has 6 heteroatoms. The number of nitrogens with one attached hydrogen (secondary N) is 3. The van der Waals surface area contributed by atoms with Gasteiger partial charge < -0.3 is 20.9 Å². The van der Waals surface area contributed by atoms with Crippen LogP contribution in [0.25, 0.3) is 0 Å². The minimum absolute atomic E-state index is 0.0507. The van der Waals surface area contributed by atoms with Crippen molar-refractivity contribution in [3.63, 3.8) is 0 Å². The number of carbonyl (C=O) groups is 1. The summed E-state index contributed by atoms with van der Waals surface area (Å²) in [6, 6.07) is 17.8. The van der Waals surface area contributed by atoms with Crippen LogP contribution in [0.1, 0.15) is 21.5 Å². The first kappa shape index (κ1) is 20.5. The predicted molar refractivity (Wildman–Crippen MR) is 111 cm³/mol. The molecule has 0 spiro atoms. The van der Waals surface area contributed by atoms with Gasteiger partial charge in [0.05, 0.1) is 0 Å². The Morgan fingerprint density at radius 2 is 1.59 bits per heavy atom. The molecule has 0 unspecified atom stereocenters. The van der Waals surface area contributed by atoms with Crippen LogP contribution in [0, 0.1) is 0 Å². The molecule has 3 N–H and O–H groups in total. The highest BCUT2D eigenvalue weighted by atomic mass is 16.1. The van der Waals surface area contributed by atoms with Gasteiger partial charge >= 0.3 is 0 Å². The third kappa shape index (κ3) is 7.50. The standard InChI is InChI=1S/C21H29N5O/c1-22-21(24-15-17-8-5-4-6-9-17)25-16-18-10-7-11-19(14-18)20(27)23-12-13-26(2)3/h4-11,14H,12-13,15-16H2,1-3H3,(H,23,27)(H2,22,24,25). The molecule has 0 aromatic heterocycles. The van der Waals surface area contributed by atoms with Crippen LogP contribution in [0.2, 0.25) is 0 Å². The third-order valence-corrected chi connectivity index (χ3v) is 4.02. The van der Waals surface area contributed by atoms with Gasteiger partial charge in [-0.25, -0.2) is 0 Å². The van der Waals surface area contributed by atoms with E-state index in [1.807, 2.05) is 61.5 Å². The zero-order valence-corrected chi connectivity index (χ0v) is 16.3. The van der Waals surface area contributed by atoms with Crippen molar-refractivity contribution in [2.45, 2.75) is 13.1 Å². The van der Waals surface area contributed by atoms with Crippen molar-refractivity contribution in [2.75, 3.05) is 34.2 Å². The van der Waals surface area contributed by atoms with E-state index in [1.54, 1.807) is 7.05 Å². The summed E-state index contributed by atoms with van der Waals surface area (Å²) in [6.07, 6.45) is 0. The summed E-state index contributed by atoms with van der Waals surface area (Å²) in [6.45, 7) is 2.74. The second-order valence-electron chi connectivity index (χ2n) is 6.52. The van der Waals surface area contributed by atoms with Gasteiger partial charge in [-0.2, -0.15) is 0 Å². The molecule has 0 atom stereocenters. The fraction of sp³-hybridized carbons (Fsp3) is 0.333. The van der Waals surface area contributed by atoms with Crippen molar-refractivity contribution >= 4 is 11.9 Å². The van der Waals surface area contributed by atoms with Gasteiger partial charge in [-0.05, 0) is 37.4 Å². The van der Waals surface area contributed by atoms with Crippen molar-refractivity contribution in [3.05, 3.63) is 71.3 Å². The van der Waals surface area contributed by atoms with Crippen LogP contribution in [0.4, 0.5) is 0 Å². The zero-order chi connectivity index (χ0) is 19.5. The van der Waals surface area contributed by atoms with Gasteiger partial charge in [-0.1, -0.05) is 42.5 Å². The topological polar surface area (TPSA) is 68.8 Å². The molecule has 144 valence electrons. The summed E-state index contributed by atoms with van der Waals surface area (Å²) in [7, 11) is 5.71. The molecule has 0 bridgehead atoms. The maximum atomic E-state index is 12.2. The minimum atomic E-state index is -0.0507.